The first-order valence-electron chi connectivity index (χ1n) is 13.2. The maximum absolute atomic E-state index is 12.9. The van der Waals surface area contributed by atoms with Crippen LogP contribution in [-0.2, 0) is 17.5 Å². The molecule has 0 atom stereocenters. The van der Waals surface area contributed by atoms with Gasteiger partial charge in [-0.25, -0.2) is 4.98 Å². The van der Waals surface area contributed by atoms with Crippen molar-refractivity contribution >= 4 is 40.2 Å². The van der Waals surface area contributed by atoms with Crippen molar-refractivity contribution in [1.82, 2.24) is 19.5 Å². The van der Waals surface area contributed by atoms with Crippen molar-refractivity contribution in [2.75, 3.05) is 16.0 Å². The Labute approximate surface area is 234 Å². The summed E-state index contributed by atoms with van der Waals surface area (Å²) in [5.74, 6) is 5.07. The highest BCUT2D eigenvalue weighted by molar-refractivity contribution is 6.04. The summed E-state index contributed by atoms with van der Waals surface area (Å²) in [5, 5.41) is 19.1. The number of halogens is 3. The number of amides is 1. The largest absolute Gasteiger partial charge is 0.416 e. The highest BCUT2D eigenvalue weighted by Gasteiger charge is 2.30. The molecule has 41 heavy (non-hydrogen) atoms. The topological polar surface area (TPSA) is 117 Å². The highest BCUT2D eigenvalue weighted by Crippen LogP contribution is 2.30. The summed E-state index contributed by atoms with van der Waals surface area (Å²) in [6, 6.07) is 11.5. The summed E-state index contributed by atoms with van der Waals surface area (Å²) in [6.07, 6.45) is 0.0164. The first kappa shape index (κ1) is 27.9. The van der Waals surface area contributed by atoms with Crippen LogP contribution in [0, 0.1) is 11.8 Å². The Morgan fingerprint density at radius 2 is 1.83 bits per heavy atom. The molecule has 1 fully saturated rings. The van der Waals surface area contributed by atoms with E-state index in [4.69, 9.17) is 0 Å². The number of aryl methyl sites for hydroxylation is 1. The van der Waals surface area contributed by atoms with Crippen LogP contribution in [0.3, 0.4) is 0 Å². The minimum atomic E-state index is -4.49. The number of hydrogen-bond donors (Lipinski definition) is 4. The summed E-state index contributed by atoms with van der Waals surface area (Å²) in [4.78, 5) is 26.3. The van der Waals surface area contributed by atoms with E-state index in [9.17, 15) is 23.1 Å². The Hall–Kier alpha value is -4.63. The number of aliphatic hydroxyl groups is 1. The van der Waals surface area contributed by atoms with Gasteiger partial charge in [0.1, 0.15) is 0 Å². The van der Waals surface area contributed by atoms with Gasteiger partial charge >= 0.3 is 12.1 Å². The number of hydrogen-bond acceptors (Lipinski definition) is 7. The molecular weight excluding hydrogens is 535 g/mol. The Bertz CT molecular complexity index is 1620. The van der Waals surface area contributed by atoms with Crippen molar-refractivity contribution in [3.05, 3.63) is 66.0 Å². The van der Waals surface area contributed by atoms with E-state index in [1.54, 1.807) is 30.6 Å². The number of carbonyl (C=O) groups excluding carboxylic acids is 1. The predicted molar refractivity (Wildman–Crippen MR) is 150 cm³/mol. The van der Waals surface area contributed by atoms with Crippen molar-refractivity contribution in [2.24, 2.45) is 0 Å². The minimum Gasteiger partial charge on any atom is -0.393 e. The van der Waals surface area contributed by atoms with Gasteiger partial charge in [-0.2, -0.15) is 23.1 Å². The summed E-state index contributed by atoms with van der Waals surface area (Å²) in [7, 11) is 0. The maximum Gasteiger partial charge on any atom is 0.416 e. The molecule has 0 bridgehead atoms. The van der Waals surface area contributed by atoms with E-state index in [-0.39, 0.29) is 17.7 Å². The SMILES string of the molecule is CCn1cnc2c(Nc3cccc(NC(=O)C#Cc4cccc(C(F)(F)F)c4)c3)nc(NC3CCC(O)CC3)nc21. The van der Waals surface area contributed by atoms with Gasteiger partial charge in [-0.1, -0.05) is 18.1 Å². The molecule has 4 aromatic rings. The molecule has 0 unspecified atom stereocenters. The normalized spacial score (nSPS) is 17.0. The number of fused-ring (bicyclic) bond motifs is 1. The predicted octanol–water partition coefficient (Wildman–Crippen LogP) is 5.31. The second kappa shape index (κ2) is 11.9. The standard InChI is InChI=1S/C29H28F3N7O2/c1-2-39-17-33-25-26(37-28(38-27(25)39)36-20-10-12-23(40)13-11-20)35-22-8-4-7-21(16-22)34-24(41)14-9-18-5-3-6-19(15-18)29(30,31)32/h3-8,15-17,20,23,40H,2,10-13H2,1H3,(H,34,41)(H2,35,36,37,38). The summed E-state index contributed by atoms with van der Waals surface area (Å²) >= 11 is 0. The number of imidazole rings is 1. The van der Waals surface area contributed by atoms with Crippen LogP contribution in [-0.4, -0.2) is 42.7 Å². The fourth-order valence-electron chi connectivity index (χ4n) is 4.61. The molecule has 1 aliphatic carbocycles. The van der Waals surface area contributed by atoms with Gasteiger partial charge < -0.3 is 25.6 Å². The second-order valence-electron chi connectivity index (χ2n) is 9.74. The smallest absolute Gasteiger partial charge is 0.393 e. The van der Waals surface area contributed by atoms with Crippen LogP contribution < -0.4 is 16.0 Å². The fourth-order valence-corrected chi connectivity index (χ4v) is 4.61. The number of rotatable bonds is 6. The fraction of sp³-hybridized carbons (Fsp3) is 0.310. The van der Waals surface area contributed by atoms with Gasteiger partial charge in [-0.05, 0) is 69.0 Å². The van der Waals surface area contributed by atoms with Gasteiger partial charge in [0.25, 0.3) is 0 Å². The van der Waals surface area contributed by atoms with Crippen LogP contribution in [0.25, 0.3) is 11.2 Å². The zero-order valence-electron chi connectivity index (χ0n) is 22.2. The second-order valence-corrected chi connectivity index (χ2v) is 9.74. The van der Waals surface area contributed by atoms with Gasteiger partial charge in [-0.3, -0.25) is 4.79 Å². The van der Waals surface area contributed by atoms with Crippen molar-refractivity contribution in [3.8, 4) is 11.8 Å². The van der Waals surface area contributed by atoms with Crippen molar-refractivity contribution in [1.29, 1.82) is 0 Å². The number of aliphatic hydroxyl groups excluding tert-OH is 1. The Kier molecular flexibility index (Phi) is 8.07. The number of carbonyl (C=O) groups is 1. The van der Waals surface area contributed by atoms with Crippen molar-refractivity contribution in [3.63, 3.8) is 0 Å². The van der Waals surface area contributed by atoms with Crippen LogP contribution in [0.15, 0.2) is 54.9 Å². The highest BCUT2D eigenvalue weighted by atomic mass is 19.4. The number of benzene rings is 2. The van der Waals surface area contributed by atoms with Crippen LogP contribution in [0.4, 0.5) is 36.3 Å². The molecule has 12 heteroatoms. The average molecular weight is 564 g/mol. The third-order valence-corrected chi connectivity index (χ3v) is 6.73. The van der Waals surface area contributed by atoms with E-state index in [1.807, 2.05) is 11.5 Å². The van der Waals surface area contributed by atoms with Crippen LogP contribution in [0.1, 0.15) is 43.7 Å². The molecule has 212 valence electrons. The third kappa shape index (κ3) is 6.93. The van der Waals surface area contributed by atoms with Crippen LogP contribution in [0.2, 0.25) is 0 Å². The minimum absolute atomic E-state index is 0.0819. The number of nitrogens with zero attached hydrogens (tertiary/aromatic N) is 4. The van der Waals surface area contributed by atoms with E-state index >= 15 is 0 Å². The molecular formula is C29H28F3N7O2. The first-order valence-corrected chi connectivity index (χ1v) is 13.2. The number of aromatic nitrogens is 4. The van der Waals surface area contributed by atoms with E-state index in [0.717, 1.165) is 37.8 Å². The zero-order valence-corrected chi connectivity index (χ0v) is 22.2. The molecule has 0 saturated heterocycles. The lowest BCUT2D eigenvalue weighted by Crippen LogP contribution is -2.29. The third-order valence-electron chi connectivity index (χ3n) is 6.73. The molecule has 2 heterocycles. The number of alkyl halides is 3. The lowest BCUT2D eigenvalue weighted by Gasteiger charge is -2.26. The van der Waals surface area contributed by atoms with Gasteiger partial charge in [0.2, 0.25) is 5.95 Å². The molecule has 1 aliphatic rings. The van der Waals surface area contributed by atoms with Crippen molar-refractivity contribution in [2.45, 2.75) is 57.5 Å². The summed E-state index contributed by atoms with van der Waals surface area (Å²) in [6.45, 7) is 2.67. The number of anilines is 4. The monoisotopic (exact) mass is 563 g/mol. The molecule has 2 aromatic carbocycles. The molecule has 0 spiro atoms. The van der Waals surface area contributed by atoms with E-state index in [0.29, 0.717) is 40.8 Å². The van der Waals surface area contributed by atoms with E-state index in [2.05, 4.69) is 42.7 Å². The Morgan fingerprint density at radius 1 is 1.07 bits per heavy atom. The summed E-state index contributed by atoms with van der Waals surface area (Å²) < 4.78 is 40.7. The molecule has 1 amide bonds. The molecule has 0 radical (unpaired) electrons. The molecule has 5 rings (SSSR count). The first-order chi connectivity index (χ1) is 19.7. The number of nitrogens with one attached hydrogen (secondary N) is 3. The van der Waals surface area contributed by atoms with Gasteiger partial charge in [-0.15, -0.1) is 0 Å². The molecule has 9 nitrogen and oxygen atoms in total. The lowest BCUT2D eigenvalue weighted by molar-refractivity contribution is -0.137. The maximum atomic E-state index is 12.9. The van der Waals surface area contributed by atoms with Crippen molar-refractivity contribution < 1.29 is 23.1 Å². The van der Waals surface area contributed by atoms with Crippen LogP contribution in [0.5, 0.6) is 0 Å². The Morgan fingerprint density at radius 3 is 2.59 bits per heavy atom. The Balaban J connectivity index is 1.33. The molecule has 0 aliphatic heterocycles. The molecule has 4 N–H and O–H groups in total. The lowest BCUT2D eigenvalue weighted by atomic mass is 9.93. The van der Waals surface area contributed by atoms with Gasteiger partial charge in [0.05, 0.1) is 18.0 Å². The van der Waals surface area contributed by atoms with Crippen LogP contribution >= 0.6 is 0 Å². The zero-order chi connectivity index (χ0) is 29.0. The van der Waals surface area contributed by atoms with Gasteiger partial charge in [0.15, 0.2) is 17.0 Å². The summed E-state index contributed by atoms with van der Waals surface area (Å²) in [5.41, 5.74) is 1.55. The average Bonchev–Trinajstić information content (AvgIpc) is 3.36. The van der Waals surface area contributed by atoms with E-state index < -0.39 is 17.6 Å². The molecule has 2 aromatic heterocycles. The quantitative estimate of drug-likeness (QED) is 0.235. The van der Waals surface area contributed by atoms with E-state index in [1.165, 1.54) is 12.1 Å². The van der Waals surface area contributed by atoms with Gasteiger partial charge in [0, 0.05) is 35.4 Å². The molecule has 1 saturated carbocycles.